The third-order valence-electron chi connectivity index (χ3n) is 2.42. The zero-order chi connectivity index (χ0) is 12.5. The largest absolute Gasteiger partial charge is 0.478 e. The van der Waals surface area contributed by atoms with Crippen LogP contribution in [-0.2, 0) is 4.79 Å². The van der Waals surface area contributed by atoms with E-state index in [1.165, 1.54) is 6.42 Å². The minimum absolute atomic E-state index is 0.225. The summed E-state index contributed by atoms with van der Waals surface area (Å²) in [4.78, 5) is 20.8. The van der Waals surface area contributed by atoms with Crippen molar-refractivity contribution in [3.63, 3.8) is 0 Å². The van der Waals surface area contributed by atoms with Crippen molar-refractivity contribution in [2.24, 2.45) is 0 Å². The average molecular weight is 235 g/mol. The lowest BCUT2D eigenvalue weighted by atomic mass is 10.2. The molecule has 2 rings (SSSR count). The number of carbonyl (C=O) groups is 2. The van der Waals surface area contributed by atoms with Gasteiger partial charge in [-0.15, -0.1) is 0 Å². The second kappa shape index (κ2) is 7.44. The van der Waals surface area contributed by atoms with Crippen LogP contribution in [0.1, 0.15) is 36.0 Å². The molecule has 1 saturated heterocycles. The fourth-order valence-corrected chi connectivity index (χ4v) is 1.48. The quantitative estimate of drug-likeness (QED) is 0.783. The average Bonchev–Trinajstić information content (AvgIpc) is 2.59. The molecule has 0 atom stereocenters. The van der Waals surface area contributed by atoms with E-state index in [1.54, 1.807) is 30.3 Å². The zero-order valence-corrected chi connectivity index (χ0v) is 9.69. The Hall–Kier alpha value is -1.84. The van der Waals surface area contributed by atoms with Crippen molar-refractivity contribution in [1.82, 2.24) is 5.32 Å². The van der Waals surface area contributed by atoms with Crippen molar-refractivity contribution in [3.05, 3.63) is 35.9 Å². The van der Waals surface area contributed by atoms with E-state index in [1.807, 2.05) is 0 Å². The standard InChI is InChI=1S/C7H6O2.C6H11NO/c8-7(9)6-4-2-1-3-5-6;8-6-4-2-1-3-5-7-6/h1-5H,(H,8,9);1-5H2,(H,7,8). The van der Waals surface area contributed by atoms with E-state index in [4.69, 9.17) is 5.11 Å². The maximum Gasteiger partial charge on any atom is 0.335 e. The minimum Gasteiger partial charge on any atom is -0.478 e. The molecule has 1 fully saturated rings. The molecule has 0 bridgehead atoms. The van der Waals surface area contributed by atoms with Gasteiger partial charge in [-0.2, -0.15) is 0 Å². The van der Waals surface area contributed by atoms with Crippen LogP contribution in [0.2, 0.25) is 0 Å². The van der Waals surface area contributed by atoms with Crippen LogP contribution in [0.4, 0.5) is 0 Å². The predicted octanol–water partition coefficient (Wildman–Crippen LogP) is 2.06. The molecule has 4 nitrogen and oxygen atoms in total. The van der Waals surface area contributed by atoms with Crippen molar-refractivity contribution in [3.8, 4) is 0 Å². The molecule has 1 aromatic carbocycles. The number of nitrogens with one attached hydrogen (secondary N) is 1. The Labute approximate surface area is 101 Å². The summed E-state index contributed by atoms with van der Waals surface area (Å²) in [5.41, 5.74) is 0.331. The van der Waals surface area contributed by atoms with Gasteiger partial charge in [0.1, 0.15) is 0 Å². The lowest BCUT2D eigenvalue weighted by molar-refractivity contribution is -0.120. The Kier molecular flexibility index (Phi) is 5.79. The highest BCUT2D eigenvalue weighted by molar-refractivity contribution is 5.87. The van der Waals surface area contributed by atoms with Crippen LogP contribution in [0.3, 0.4) is 0 Å². The van der Waals surface area contributed by atoms with Crippen LogP contribution < -0.4 is 5.32 Å². The van der Waals surface area contributed by atoms with Gasteiger partial charge >= 0.3 is 5.97 Å². The van der Waals surface area contributed by atoms with Gasteiger partial charge < -0.3 is 10.4 Å². The fraction of sp³-hybridized carbons (Fsp3) is 0.385. The van der Waals surface area contributed by atoms with E-state index in [0.29, 0.717) is 5.56 Å². The lowest BCUT2D eigenvalue weighted by Gasteiger charge is -1.93. The number of carboxylic acid groups (broad SMARTS) is 1. The molecule has 0 spiro atoms. The highest BCUT2D eigenvalue weighted by Gasteiger charge is 2.03. The highest BCUT2D eigenvalue weighted by atomic mass is 16.4. The Bertz CT molecular complexity index is 352. The van der Waals surface area contributed by atoms with E-state index in [2.05, 4.69) is 5.32 Å². The Morgan fingerprint density at radius 3 is 2.41 bits per heavy atom. The van der Waals surface area contributed by atoms with Crippen LogP contribution in [-0.4, -0.2) is 23.5 Å². The first-order chi connectivity index (χ1) is 8.20. The molecule has 4 heteroatoms. The van der Waals surface area contributed by atoms with Crippen LogP contribution in [0.15, 0.2) is 30.3 Å². The van der Waals surface area contributed by atoms with Gasteiger partial charge in [0.25, 0.3) is 0 Å². The molecule has 2 N–H and O–H groups in total. The molecule has 1 heterocycles. The van der Waals surface area contributed by atoms with Crippen molar-refractivity contribution in [1.29, 1.82) is 0 Å². The van der Waals surface area contributed by atoms with Gasteiger partial charge in [0.05, 0.1) is 5.56 Å². The Balaban J connectivity index is 0.000000171. The highest BCUT2D eigenvalue weighted by Crippen LogP contribution is 2.02. The van der Waals surface area contributed by atoms with Gasteiger partial charge in [-0.05, 0) is 25.0 Å². The van der Waals surface area contributed by atoms with Gasteiger partial charge in [-0.25, -0.2) is 4.79 Å². The number of rotatable bonds is 1. The first-order valence-electron chi connectivity index (χ1n) is 5.75. The van der Waals surface area contributed by atoms with Gasteiger partial charge in [-0.3, -0.25) is 4.79 Å². The first-order valence-corrected chi connectivity index (χ1v) is 5.75. The Morgan fingerprint density at radius 2 is 1.82 bits per heavy atom. The third-order valence-corrected chi connectivity index (χ3v) is 2.42. The predicted molar refractivity (Wildman–Crippen MR) is 64.9 cm³/mol. The van der Waals surface area contributed by atoms with Crippen LogP contribution in [0.5, 0.6) is 0 Å². The SMILES string of the molecule is O=C(O)c1ccccc1.O=C1CCCCCN1. The molecule has 92 valence electrons. The Morgan fingerprint density at radius 1 is 1.12 bits per heavy atom. The molecular formula is C13H17NO3. The smallest absolute Gasteiger partial charge is 0.335 e. The number of carboxylic acids is 1. The summed E-state index contributed by atoms with van der Waals surface area (Å²) < 4.78 is 0. The molecule has 0 radical (unpaired) electrons. The number of carbonyl (C=O) groups excluding carboxylic acids is 1. The van der Waals surface area contributed by atoms with Crippen LogP contribution in [0, 0.1) is 0 Å². The van der Waals surface area contributed by atoms with E-state index in [9.17, 15) is 9.59 Å². The molecule has 1 amide bonds. The lowest BCUT2D eigenvalue weighted by Crippen LogP contribution is -2.21. The van der Waals surface area contributed by atoms with E-state index < -0.39 is 5.97 Å². The number of aromatic carboxylic acids is 1. The molecule has 1 aromatic rings. The molecule has 0 saturated carbocycles. The molecule has 0 aromatic heterocycles. The van der Waals surface area contributed by atoms with Crippen molar-refractivity contribution >= 4 is 11.9 Å². The van der Waals surface area contributed by atoms with Crippen LogP contribution >= 0.6 is 0 Å². The molecule has 0 unspecified atom stereocenters. The summed E-state index contributed by atoms with van der Waals surface area (Å²) in [6, 6.07) is 8.30. The molecular weight excluding hydrogens is 218 g/mol. The molecule has 0 aliphatic carbocycles. The number of benzene rings is 1. The first kappa shape index (κ1) is 13.2. The second-order valence-electron chi connectivity index (χ2n) is 3.83. The topological polar surface area (TPSA) is 66.4 Å². The molecule has 17 heavy (non-hydrogen) atoms. The fourth-order valence-electron chi connectivity index (χ4n) is 1.48. The van der Waals surface area contributed by atoms with Crippen molar-refractivity contribution < 1.29 is 14.7 Å². The molecule has 1 aliphatic rings. The van der Waals surface area contributed by atoms with Crippen LogP contribution in [0.25, 0.3) is 0 Å². The summed E-state index contributed by atoms with van der Waals surface area (Å²) in [7, 11) is 0. The van der Waals surface area contributed by atoms with E-state index >= 15 is 0 Å². The number of hydrogen-bond acceptors (Lipinski definition) is 2. The summed E-state index contributed by atoms with van der Waals surface area (Å²) in [6.45, 7) is 0.888. The van der Waals surface area contributed by atoms with Gasteiger partial charge in [0.15, 0.2) is 0 Å². The summed E-state index contributed by atoms with van der Waals surface area (Å²) >= 11 is 0. The second-order valence-corrected chi connectivity index (χ2v) is 3.83. The maximum atomic E-state index is 10.6. The van der Waals surface area contributed by atoms with Crippen molar-refractivity contribution in [2.45, 2.75) is 25.7 Å². The summed E-state index contributed by atoms with van der Waals surface area (Å²) in [5, 5.41) is 11.2. The number of amides is 1. The zero-order valence-electron chi connectivity index (χ0n) is 9.69. The van der Waals surface area contributed by atoms with E-state index in [0.717, 1.165) is 25.8 Å². The van der Waals surface area contributed by atoms with Gasteiger partial charge in [-0.1, -0.05) is 24.6 Å². The number of hydrogen-bond donors (Lipinski definition) is 2. The monoisotopic (exact) mass is 235 g/mol. The summed E-state index contributed by atoms with van der Waals surface area (Å²) in [5.74, 6) is -0.655. The maximum absolute atomic E-state index is 10.6. The molecule has 1 aliphatic heterocycles. The van der Waals surface area contributed by atoms with E-state index in [-0.39, 0.29) is 5.91 Å². The van der Waals surface area contributed by atoms with Gasteiger partial charge in [0, 0.05) is 13.0 Å². The normalized spacial score (nSPS) is 14.9. The third kappa shape index (κ3) is 5.70. The van der Waals surface area contributed by atoms with Crippen molar-refractivity contribution in [2.75, 3.05) is 6.54 Å². The minimum atomic E-state index is -0.879. The summed E-state index contributed by atoms with van der Waals surface area (Å²) in [6.07, 6.45) is 4.18. The van der Waals surface area contributed by atoms with Gasteiger partial charge in [0.2, 0.25) is 5.91 Å².